The Morgan fingerprint density at radius 1 is 1.33 bits per heavy atom. The second-order valence-electron chi connectivity index (χ2n) is 4.25. The summed E-state index contributed by atoms with van der Waals surface area (Å²) in [5.41, 5.74) is 9.39. The molecule has 18 heavy (non-hydrogen) atoms. The molecular weight excluding hydrogens is 295 g/mol. The van der Waals surface area contributed by atoms with Gasteiger partial charge in [-0.15, -0.1) is 0 Å². The lowest BCUT2D eigenvalue weighted by molar-refractivity contribution is 0.624. The molecule has 0 amide bonds. The summed E-state index contributed by atoms with van der Waals surface area (Å²) in [6, 6.07) is 7.05. The smallest absolute Gasteiger partial charge is 0.130 e. The van der Waals surface area contributed by atoms with Crippen molar-refractivity contribution in [2.45, 2.75) is 6.42 Å². The number of rotatable bonds is 1. The zero-order valence-electron chi connectivity index (χ0n) is 9.45. The Balaban J connectivity index is 2.10. The molecule has 0 radical (unpaired) electrons. The Hall–Kier alpha value is -1.68. The molecule has 1 aliphatic rings. The van der Waals surface area contributed by atoms with Gasteiger partial charge in [0.25, 0.3) is 0 Å². The van der Waals surface area contributed by atoms with Crippen molar-refractivity contribution in [2.24, 2.45) is 0 Å². The average molecular weight is 305 g/mol. The summed E-state index contributed by atoms with van der Waals surface area (Å²) in [7, 11) is 0. The number of pyridine rings is 1. The van der Waals surface area contributed by atoms with Crippen molar-refractivity contribution in [3.05, 3.63) is 57.4 Å². The number of nitrogens with zero attached hydrogens (tertiary/aromatic N) is 1. The molecule has 0 spiro atoms. The predicted molar refractivity (Wildman–Crippen MR) is 74.3 cm³/mol. The fourth-order valence-electron chi connectivity index (χ4n) is 2.21. The van der Waals surface area contributed by atoms with Crippen molar-refractivity contribution in [3.8, 4) is 0 Å². The molecule has 0 atom stereocenters. The van der Waals surface area contributed by atoms with E-state index in [1.165, 1.54) is 6.07 Å². The van der Waals surface area contributed by atoms with Crippen LogP contribution in [0.5, 0.6) is 0 Å². The molecule has 4 heteroatoms. The van der Waals surface area contributed by atoms with Crippen LogP contribution in [0.4, 0.5) is 10.2 Å². The highest BCUT2D eigenvalue weighted by molar-refractivity contribution is 9.10. The van der Waals surface area contributed by atoms with Crippen LogP contribution in [0, 0.1) is 5.82 Å². The van der Waals surface area contributed by atoms with Crippen LogP contribution in [0.15, 0.2) is 34.9 Å². The minimum absolute atomic E-state index is 0.191. The van der Waals surface area contributed by atoms with Gasteiger partial charge in [0, 0.05) is 21.8 Å². The molecule has 2 aromatic rings. The van der Waals surface area contributed by atoms with Gasteiger partial charge in [-0.05, 0) is 51.7 Å². The van der Waals surface area contributed by atoms with Crippen LogP contribution in [-0.4, -0.2) is 4.98 Å². The molecule has 0 saturated heterocycles. The minimum Gasteiger partial charge on any atom is -0.383 e. The molecule has 0 saturated carbocycles. The summed E-state index contributed by atoms with van der Waals surface area (Å²) in [5, 5.41) is 0. The first kappa shape index (κ1) is 11.4. The third-order valence-electron chi connectivity index (χ3n) is 3.07. The lowest BCUT2D eigenvalue weighted by Gasteiger charge is -2.06. The van der Waals surface area contributed by atoms with E-state index in [0.717, 1.165) is 21.2 Å². The molecule has 1 aliphatic carbocycles. The number of fused-ring (bicyclic) bond motifs is 1. The van der Waals surface area contributed by atoms with Crippen LogP contribution < -0.4 is 5.73 Å². The van der Waals surface area contributed by atoms with Crippen LogP contribution in [0.1, 0.15) is 16.7 Å². The fraction of sp³-hybridized carbons (Fsp3) is 0.0714. The Morgan fingerprint density at radius 2 is 2.17 bits per heavy atom. The third kappa shape index (κ3) is 1.82. The second-order valence-corrected chi connectivity index (χ2v) is 5.16. The summed E-state index contributed by atoms with van der Waals surface area (Å²) in [4.78, 5) is 4.10. The van der Waals surface area contributed by atoms with Crippen LogP contribution in [0.3, 0.4) is 0 Å². The number of halogens is 2. The molecule has 0 unspecified atom stereocenters. The molecule has 1 aromatic heterocycles. The number of nitrogens with two attached hydrogens (primary N) is 1. The summed E-state index contributed by atoms with van der Waals surface area (Å²) in [5.74, 6) is 0.279. The van der Waals surface area contributed by atoms with E-state index in [-0.39, 0.29) is 5.82 Å². The number of nitrogen functional groups attached to an aromatic ring is 1. The SMILES string of the molecule is Nc1ncc(Br)cc1C1=Cc2c(F)cccc2C1. The molecule has 3 rings (SSSR count). The van der Waals surface area contributed by atoms with E-state index >= 15 is 0 Å². The molecule has 0 fully saturated rings. The quantitative estimate of drug-likeness (QED) is 0.873. The van der Waals surface area contributed by atoms with Gasteiger partial charge in [0.2, 0.25) is 0 Å². The van der Waals surface area contributed by atoms with E-state index in [2.05, 4.69) is 20.9 Å². The van der Waals surface area contributed by atoms with E-state index in [1.807, 2.05) is 18.2 Å². The predicted octanol–water partition coefficient (Wildman–Crippen LogP) is 3.66. The molecule has 0 bridgehead atoms. The summed E-state index contributed by atoms with van der Waals surface area (Å²) in [6.07, 6.45) is 4.20. The molecule has 0 aliphatic heterocycles. The van der Waals surface area contributed by atoms with Gasteiger partial charge in [-0.3, -0.25) is 0 Å². The average Bonchev–Trinajstić information content (AvgIpc) is 2.77. The zero-order valence-corrected chi connectivity index (χ0v) is 11.0. The number of aromatic nitrogens is 1. The largest absolute Gasteiger partial charge is 0.383 e. The lowest BCUT2D eigenvalue weighted by atomic mass is 10.0. The van der Waals surface area contributed by atoms with E-state index in [1.54, 1.807) is 12.3 Å². The maximum Gasteiger partial charge on any atom is 0.130 e. The van der Waals surface area contributed by atoms with Crippen molar-refractivity contribution in [1.29, 1.82) is 0 Å². The standard InChI is InChI=1S/C14H10BrFN2/c15-10-6-12(14(17)18-7-10)9-4-8-2-1-3-13(16)11(8)5-9/h1-3,5-7H,4H2,(H2,17,18). The first-order valence-electron chi connectivity index (χ1n) is 5.54. The lowest BCUT2D eigenvalue weighted by Crippen LogP contribution is -1.97. The highest BCUT2D eigenvalue weighted by Gasteiger charge is 2.18. The number of allylic oxidation sites excluding steroid dienone is 1. The molecular formula is C14H10BrFN2. The van der Waals surface area contributed by atoms with Crippen molar-refractivity contribution in [3.63, 3.8) is 0 Å². The number of benzene rings is 1. The van der Waals surface area contributed by atoms with Crippen LogP contribution in [-0.2, 0) is 6.42 Å². The van der Waals surface area contributed by atoms with Crippen LogP contribution in [0.25, 0.3) is 11.6 Å². The second kappa shape index (κ2) is 4.21. The summed E-state index contributed by atoms with van der Waals surface area (Å²) >= 11 is 3.37. The van der Waals surface area contributed by atoms with Gasteiger partial charge >= 0.3 is 0 Å². The van der Waals surface area contributed by atoms with E-state index in [4.69, 9.17) is 5.73 Å². The Bertz CT molecular complexity index is 665. The van der Waals surface area contributed by atoms with Crippen molar-refractivity contribution in [1.82, 2.24) is 4.98 Å². The van der Waals surface area contributed by atoms with Gasteiger partial charge in [-0.1, -0.05) is 12.1 Å². The topological polar surface area (TPSA) is 38.9 Å². The van der Waals surface area contributed by atoms with Gasteiger partial charge in [0.1, 0.15) is 11.6 Å². The number of hydrogen-bond donors (Lipinski definition) is 1. The van der Waals surface area contributed by atoms with Crippen LogP contribution >= 0.6 is 15.9 Å². The van der Waals surface area contributed by atoms with Crippen LogP contribution in [0.2, 0.25) is 0 Å². The van der Waals surface area contributed by atoms with Gasteiger partial charge in [0.05, 0.1) is 0 Å². The minimum atomic E-state index is -0.191. The Kier molecular flexibility index (Phi) is 2.67. The number of hydrogen-bond acceptors (Lipinski definition) is 2. The van der Waals surface area contributed by atoms with Crippen molar-refractivity contribution in [2.75, 3.05) is 5.73 Å². The van der Waals surface area contributed by atoms with Gasteiger partial charge in [-0.25, -0.2) is 9.37 Å². The van der Waals surface area contributed by atoms with E-state index in [0.29, 0.717) is 17.8 Å². The Labute approximate surface area is 112 Å². The van der Waals surface area contributed by atoms with Crippen molar-refractivity contribution >= 4 is 33.4 Å². The molecule has 2 N–H and O–H groups in total. The van der Waals surface area contributed by atoms with Gasteiger partial charge in [-0.2, -0.15) is 0 Å². The first-order valence-corrected chi connectivity index (χ1v) is 6.34. The zero-order chi connectivity index (χ0) is 12.7. The summed E-state index contributed by atoms with van der Waals surface area (Å²) in [6.45, 7) is 0. The molecule has 90 valence electrons. The first-order chi connectivity index (χ1) is 8.65. The van der Waals surface area contributed by atoms with E-state index < -0.39 is 0 Å². The molecule has 1 aromatic carbocycles. The highest BCUT2D eigenvalue weighted by Crippen LogP contribution is 2.35. The molecule has 2 nitrogen and oxygen atoms in total. The third-order valence-corrected chi connectivity index (χ3v) is 3.51. The normalized spacial score (nSPS) is 13.3. The molecule has 1 heterocycles. The highest BCUT2D eigenvalue weighted by atomic mass is 79.9. The fourth-order valence-corrected chi connectivity index (χ4v) is 2.54. The maximum atomic E-state index is 13.7. The monoisotopic (exact) mass is 304 g/mol. The van der Waals surface area contributed by atoms with Gasteiger partial charge < -0.3 is 5.73 Å². The van der Waals surface area contributed by atoms with E-state index in [9.17, 15) is 4.39 Å². The summed E-state index contributed by atoms with van der Waals surface area (Å²) < 4.78 is 14.5. The number of anilines is 1. The van der Waals surface area contributed by atoms with Crippen molar-refractivity contribution < 1.29 is 4.39 Å². The van der Waals surface area contributed by atoms with Gasteiger partial charge in [0.15, 0.2) is 0 Å². The maximum absolute atomic E-state index is 13.7. The Morgan fingerprint density at radius 3 is 2.94 bits per heavy atom.